The van der Waals surface area contributed by atoms with E-state index >= 15 is 0 Å². The Morgan fingerprint density at radius 1 is 1.31 bits per heavy atom. The summed E-state index contributed by atoms with van der Waals surface area (Å²) in [6, 6.07) is 8.02. The first-order valence-electron chi connectivity index (χ1n) is 4.16. The molecule has 1 aromatic carbocycles. The van der Waals surface area contributed by atoms with Crippen LogP contribution >= 0.6 is 0 Å². The van der Waals surface area contributed by atoms with Crippen molar-refractivity contribution in [3.63, 3.8) is 0 Å². The van der Waals surface area contributed by atoms with Gasteiger partial charge in [0.25, 0.3) is 0 Å². The molecule has 1 nitrogen and oxygen atoms in total. The largest absolute Gasteiger partial charge is 0.262 e. The summed E-state index contributed by atoms with van der Waals surface area (Å²) in [7, 11) is 0. The van der Waals surface area contributed by atoms with Gasteiger partial charge in [-0.25, -0.2) is 0 Å². The fourth-order valence-electron chi connectivity index (χ4n) is 1.21. The van der Waals surface area contributed by atoms with Crippen LogP contribution in [0.3, 0.4) is 0 Å². The first-order valence-corrected chi connectivity index (χ1v) is 4.16. The fraction of sp³-hybridized carbons (Fsp3) is 0.0833. The summed E-state index contributed by atoms with van der Waals surface area (Å²) >= 11 is 0. The van der Waals surface area contributed by atoms with Gasteiger partial charge in [0.1, 0.15) is 0 Å². The van der Waals surface area contributed by atoms with Gasteiger partial charge in [-0.3, -0.25) is 4.99 Å². The van der Waals surface area contributed by atoms with Gasteiger partial charge >= 0.3 is 0 Å². The van der Waals surface area contributed by atoms with E-state index in [9.17, 15) is 0 Å². The predicted molar refractivity (Wildman–Crippen MR) is 58.9 cm³/mol. The van der Waals surface area contributed by atoms with Crippen LogP contribution in [0.5, 0.6) is 0 Å². The smallest absolute Gasteiger partial charge is 0.0450 e. The molecule has 0 fully saturated rings. The lowest BCUT2D eigenvalue weighted by molar-refractivity contribution is 1.49. The van der Waals surface area contributed by atoms with Crippen molar-refractivity contribution in [3.05, 3.63) is 54.8 Å². The number of nitrogens with zero attached hydrogens (tertiary/aromatic N) is 1. The van der Waals surface area contributed by atoms with Crippen LogP contribution in [0.4, 0.5) is 0 Å². The molecule has 13 heavy (non-hydrogen) atoms. The molecule has 0 amide bonds. The zero-order chi connectivity index (χ0) is 9.68. The molecular weight excluding hydrogens is 158 g/mol. The lowest BCUT2D eigenvalue weighted by Gasteiger charge is -2.03. The molecule has 1 heteroatoms. The van der Waals surface area contributed by atoms with Gasteiger partial charge in [-0.15, -0.1) is 0 Å². The van der Waals surface area contributed by atoms with E-state index in [0.717, 1.165) is 16.8 Å². The molecule has 0 aliphatic carbocycles. The highest BCUT2D eigenvalue weighted by Crippen LogP contribution is 2.11. The highest BCUT2D eigenvalue weighted by molar-refractivity contribution is 6.01. The van der Waals surface area contributed by atoms with Crippen molar-refractivity contribution in [2.24, 2.45) is 4.99 Å². The van der Waals surface area contributed by atoms with Gasteiger partial charge in [0.15, 0.2) is 0 Å². The van der Waals surface area contributed by atoms with Gasteiger partial charge in [-0.1, -0.05) is 43.5 Å². The van der Waals surface area contributed by atoms with Crippen LogP contribution in [0.25, 0.3) is 6.08 Å². The molecule has 0 heterocycles. The number of aliphatic imine (C=N–C) groups is 1. The molecule has 0 unspecified atom stereocenters. The Bertz CT molecular complexity index is 348. The third-order valence-corrected chi connectivity index (χ3v) is 1.86. The van der Waals surface area contributed by atoms with E-state index in [4.69, 9.17) is 0 Å². The molecule has 1 rings (SSSR count). The fourth-order valence-corrected chi connectivity index (χ4v) is 1.21. The Morgan fingerprint density at radius 2 is 2.00 bits per heavy atom. The Balaban J connectivity index is 3.20. The first kappa shape index (κ1) is 9.46. The molecule has 0 saturated carbocycles. The molecule has 0 atom stereocenters. The van der Waals surface area contributed by atoms with E-state index < -0.39 is 0 Å². The monoisotopic (exact) mass is 171 g/mol. The predicted octanol–water partition coefficient (Wildman–Crippen LogP) is 3.28. The lowest BCUT2D eigenvalue weighted by Crippen LogP contribution is -1.96. The van der Waals surface area contributed by atoms with Crippen LogP contribution < -0.4 is 0 Å². The van der Waals surface area contributed by atoms with Crippen LogP contribution in [-0.2, 0) is 0 Å². The normalized spacial score (nSPS) is 11.0. The SMILES string of the molecule is C=CN=C(C)c1ccccc1C=C. The van der Waals surface area contributed by atoms with Crippen molar-refractivity contribution >= 4 is 11.8 Å². The summed E-state index contributed by atoms with van der Waals surface area (Å²) in [5.41, 5.74) is 3.17. The maximum absolute atomic E-state index is 4.14. The Labute approximate surface area is 79.1 Å². The van der Waals surface area contributed by atoms with Gasteiger partial charge in [0.05, 0.1) is 0 Å². The molecule has 0 N–H and O–H groups in total. The van der Waals surface area contributed by atoms with Gasteiger partial charge in [-0.05, 0) is 12.5 Å². The van der Waals surface area contributed by atoms with Crippen molar-refractivity contribution in [3.8, 4) is 0 Å². The van der Waals surface area contributed by atoms with E-state index in [1.165, 1.54) is 0 Å². The Hall–Kier alpha value is -1.63. The van der Waals surface area contributed by atoms with E-state index in [0.29, 0.717) is 0 Å². The van der Waals surface area contributed by atoms with Crippen LogP contribution in [-0.4, -0.2) is 5.71 Å². The molecule has 1 aromatic rings. The molecule has 0 aromatic heterocycles. The number of benzene rings is 1. The van der Waals surface area contributed by atoms with Crippen molar-refractivity contribution in [1.82, 2.24) is 0 Å². The second kappa shape index (κ2) is 4.41. The first-order chi connectivity index (χ1) is 6.29. The quantitative estimate of drug-likeness (QED) is 0.619. The Kier molecular flexibility index (Phi) is 3.21. The van der Waals surface area contributed by atoms with E-state index in [1.54, 1.807) is 6.20 Å². The topological polar surface area (TPSA) is 12.4 Å². The van der Waals surface area contributed by atoms with Gasteiger partial charge in [0, 0.05) is 17.5 Å². The molecular formula is C12H13N. The van der Waals surface area contributed by atoms with Crippen molar-refractivity contribution in [2.45, 2.75) is 6.92 Å². The van der Waals surface area contributed by atoms with Gasteiger partial charge in [-0.2, -0.15) is 0 Å². The maximum Gasteiger partial charge on any atom is 0.0450 e. The molecule has 0 bridgehead atoms. The minimum absolute atomic E-state index is 0.963. The second-order valence-electron chi connectivity index (χ2n) is 2.69. The molecule has 66 valence electrons. The van der Waals surface area contributed by atoms with Crippen LogP contribution in [0.2, 0.25) is 0 Å². The number of hydrogen-bond donors (Lipinski definition) is 0. The third kappa shape index (κ3) is 2.15. The molecule has 0 saturated heterocycles. The summed E-state index contributed by atoms with van der Waals surface area (Å²) in [5.74, 6) is 0. The van der Waals surface area contributed by atoms with Crippen molar-refractivity contribution in [1.29, 1.82) is 0 Å². The standard InChI is InChI=1S/C12H13N/c1-4-11-8-6-7-9-12(11)10(3)13-5-2/h4-9H,1-2H2,3H3. The molecule has 0 radical (unpaired) electrons. The molecule has 0 aliphatic rings. The summed E-state index contributed by atoms with van der Waals surface area (Å²) in [4.78, 5) is 4.14. The molecule has 0 spiro atoms. The summed E-state index contributed by atoms with van der Waals surface area (Å²) in [5, 5.41) is 0. The van der Waals surface area contributed by atoms with Gasteiger partial charge in [0.2, 0.25) is 0 Å². The summed E-state index contributed by atoms with van der Waals surface area (Å²) in [6.45, 7) is 9.28. The van der Waals surface area contributed by atoms with Gasteiger partial charge < -0.3 is 0 Å². The second-order valence-corrected chi connectivity index (χ2v) is 2.69. The highest BCUT2D eigenvalue weighted by Gasteiger charge is 1.99. The number of rotatable bonds is 3. The zero-order valence-corrected chi connectivity index (χ0v) is 7.83. The minimum atomic E-state index is 0.963. The Morgan fingerprint density at radius 3 is 2.62 bits per heavy atom. The lowest BCUT2D eigenvalue weighted by atomic mass is 10.0. The maximum atomic E-state index is 4.14. The van der Waals surface area contributed by atoms with E-state index in [2.05, 4.69) is 18.2 Å². The number of hydrogen-bond acceptors (Lipinski definition) is 1. The van der Waals surface area contributed by atoms with Crippen molar-refractivity contribution < 1.29 is 0 Å². The zero-order valence-electron chi connectivity index (χ0n) is 7.83. The summed E-state index contributed by atoms with van der Waals surface area (Å²) < 4.78 is 0. The van der Waals surface area contributed by atoms with Crippen LogP contribution in [0.1, 0.15) is 18.1 Å². The van der Waals surface area contributed by atoms with Crippen LogP contribution in [0, 0.1) is 0 Å². The van der Waals surface area contributed by atoms with Crippen LogP contribution in [0.15, 0.2) is 48.6 Å². The average molecular weight is 171 g/mol. The minimum Gasteiger partial charge on any atom is -0.262 e. The molecule has 0 aliphatic heterocycles. The highest BCUT2D eigenvalue weighted by atomic mass is 14.7. The van der Waals surface area contributed by atoms with E-state index in [-0.39, 0.29) is 0 Å². The van der Waals surface area contributed by atoms with E-state index in [1.807, 2.05) is 37.3 Å². The third-order valence-electron chi connectivity index (χ3n) is 1.86. The summed E-state index contributed by atoms with van der Waals surface area (Å²) in [6.07, 6.45) is 3.38. The van der Waals surface area contributed by atoms with Crippen molar-refractivity contribution in [2.75, 3.05) is 0 Å². The average Bonchev–Trinajstić information content (AvgIpc) is 2.18.